The number of carbonyl (C=O) groups is 1. The molecule has 0 bridgehead atoms. The third-order valence-electron chi connectivity index (χ3n) is 4.64. The first-order valence-corrected chi connectivity index (χ1v) is 9.97. The average Bonchev–Trinajstić information content (AvgIpc) is 3.26. The van der Waals surface area contributed by atoms with Crippen molar-refractivity contribution in [2.45, 2.75) is 20.4 Å². The number of nitrogens with one attached hydrogen (secondary N) is 2. The van der Waals surface area contributed by atoms with Crippen molar-refractivity contribution in [3.63, 3.8) is 0 Å². The van der Waals surface area contributed by atoms with Gasteiger partial charge in [-0.15, -0.1) is 0 Å². The Labute approximate surface area is 175 Å². The molecule has 2 N–H and O–H groups in total. The van der Waals surface area contributed by atoms with E-state index in [4.69, 9.17) is 11.6 Å². The molecular weight excluding hydrogens is 388 g/mol. The van der Waals surface area contributed by atoms with E-state index in [1.54, 1.807) is 29.2 Å². The number of hydrogen-bond acceptors (Lipinski definition) is 5. The first-order chi connectivity index (χ1) is 14.1. The highest BCUT2D eigenvalue weighted by molar-refractivity contribution is 6.31. The van der Waals surface area contributed by atoms with Gasteiger partial charge in [-0.3, -0.25) is 9.69 Å². The van der Waals surface area contributed by atoms with Gasteiger partial charge < -0.3 is 10.6 Å². The zero-order valence-corrected chi connectivity index (χ0v) is 17.4. The van der Waals surface area contributed by atoms with Crippen LogP contribution in [0.15, 0.2) is 55.1 Å². The van der Waals surface area contributed by atoms with E-state index in [9.17, 15) is 4.79 Å². The van der Waals surface area contributed by atoms with Gasteiger partial charge in [0.1, 0.15) is 12.7 Å². The van der Waals surface area contributed by atoms with E-state index in [1.165, 1.54) is 6.33 Å². The second-order valence-corrected chi connectivity index (χ2v) is 6.96. The highest BCUT2D eigenvalue weighted by Crippen LogP contribution is 2.24. The fourth-order valence-electron chi connectivity index (χ4n) is 3.03. The molecule has 0 aliphatic rings. The summed E-state index contributed by atoms with van der Waals surface area (Å²) in [6.45, 7) is 7.22. The molecule has 1 amide bonds. The number of nitrogens with zero attached hydrogens (tertiary/aromatic N) is 4. The SMILES string of the molecule is CCN(CC)Cc1ccccc1NCC(=O)Nc1cc(Cl)ccc1-n1cncn1. The van der Waals surface area contributed by atoms with Crippen LogP contribution in [0.2, 0.25) is 5.02 Å². The van der Waals surface area contributed by atoms with Gasteiger partial charge in [0.25, 0.3) is 0 Å². The van der Waals surface area contributed by atoms with Gasteiger partial charge in [0.05, 0.1) is 17.9 Å². The summed E-state index contributed by atoms with van der Waals surface area (Å²) in [4.78, 5) is 18.9. The van der Waals surface area contributed by atoms with Crippen molar-refractivity contribution in [3.05, 3.63) is 65.7 Å². The van der Waals surface area contributed by atoms with E-state index < -0.39 is 0 Å². The quantitative estimate of drug-likeness (QED) is 0.559. The molecule has 2 aromatic carbocycles. The Bertz CT molecular complexity index is 940. The van der Waals surface area contributed by atoms with Crippen molar-refractivity contribution in [3.8, 4) is 5.69 Å². The number of benzene rings is 2. The number of para-hydroxylation sites is 1. The molecule has 0 saturated heterocycles. The summed E-state index contributed by atoms with van der Waals surface area (Å²) < 4.78 is 1.58. The van der Waals surface area contributed by atoms with E-state index in [1.807, 2.05) is 18.2 Å². The van der Waals surface area contributed by atoms with Crippen molar-refractivity contribution in [1.29, 1.82) is 0 Å². The predicted molar refractivity (Wildman–Crippen MR) is 117 cm³/mol. The molecule has 29 heavy (non-hydrogen) atoms. The second kappa shape index (κ2) is 10.0. The molecule has 0 spiro atoms. The maximum absolute atomic E-state index is 12.6. The van der Waals surface area contributed by atoms with E-state index in [2.05, 4.69) is 45.5 Å². The van der Waals surface area contributed by atoms with Crippen molar-refractivity contribution < 1.29 is 4.79 Å². The average molecular weight is 413 g/mol. The van der Waals surface area contributed by atoms with Crippen molar-refractivity contribution >= 4 is 28.9 Å². The summed E-state index contributed by atoms with van der Waals surface area (Å²) in [5.74, 6) is -0.175. The predicted octanol–water partition coefficient (Wildman–Crippen LogP) is 3.81. The summed E-state index contributed by atoms with van der Waals surface area (Å²) in [6, 6.07) is 13.3. The van der Waals surface area contributed by atoms with Crippen LogP contribution >= 0.6 is 11.6 Å². The third kappa shape index (κ3) is 5.56. The van der Waals surface area contributed by atoms with Crippen LogP contribution in [0.4, 0.5) is 11.4 Å². The fraction of sp³-hybridized carbons (Fsp3) is 0.286. The Kier molecular flexibility index (Phi) is 7.21. The molecule has 1 aromatic heterocycles. The van der Waals surface area contributed by atoms with Crippen LogP contribution in [0.5, 0.6) is 0 Å². The molecule has 0 aliphatic heterocycles. The highest BCUT2D eigenvalue weighted by Gasteiger charge is 2.11. The van der Waals surface area contributed by atoms with Gasteiger partial charge >= 0.3 is 0 Å². The number of anilines is 2. The molecule has 0 fully saturated rings. The Hall–Kier alpha value is -2.90. The minimum Gasteiger partial charge on any atom is -0.376 e. The maximum atomic E-state index is 12.6. The lowest BCUT2D eigenvalue weighted by atomic mass is 10.1. The van der Waals surface area contributed by atoms with Crippen LogP contribution in [0.25, 0.3) is 5.69 Å². The van der Waals surface area contributed by atoms with Gasteiger partial charge in [-0.1, -0.05) is 43.6 Å². The van der Waals surface area contributed by atoms with Crippen LogP contribution < -0.4 is 10.6 Å². The number of amides is 1. The molecule has 0 atom stereocenters. The Balaban J connectivity index is 1.68. The summed E-state index contributed by atoms with van der Waals surface area (Å²) in [7, 11) is 0. The third-order valence-corrected chi connectivity index (χ3v) is 4.88. The van der Waals surface area contributed by atoms with E-state index >= 15 is 0 Å². The molecule has 0 unspecified atom stereocenters. The Morgan fingerprint density at radius 1 is 1.14 bits per heavy atom. The second-order valence-electron chi connectivity index (χ2n) is 6.52. The zero-order chi connectivity index (χ0) is 20.6. The fourth-order valence-corrected chi connectivity index (χ4v) is 3.20. The van der Waals surface area contributed by atoms with Crippen LogP contribution in [0.3, 0.4) is 0 Å². The summed E-state index contributed by atoms with van der Waals surface area (Å²) in [6.07, 6.45) is 3.01. The maximum Gasteiger partial charge on any atom is 0.243 e. The normalized spacial score (nSPS) is 10.9. The molecular formula is C21H25ClN6O. The van der Waals surface area contributed by atoms with Crippen LogP contribution in [0.1, 0.15) is 19.4 Å². The first kappa shape index (κ1) is 20.8. The van der Waals surface area contributed by atoms with Gasteiger partial charge in [-0.05, 0) is 42.9 Å². The number of carbonyl (C=O) groups excluding carboxylic acids is 1. The van der Waals surface area contributed by atoms with E-state index in [0.717, 1.165) is 30.9 Å². The molecule has 0 saturated carbocycles. The number of rotatable bonds is 9. The largest absolute Gasteiger partial charge is 0.376 e. The van der Waals surface area contributed by atoms with Crippen LogP contribution in [0, 0.1) is 0 Å². The number of hydrogen-bond donors (Lipinski definition) is 2. The lowest BCUT2D eigenvalue weighted by Crippen LogP contribution is -2.25. The first-order valence-electron chi connectivity index (χ1n) is 9.59. The minimum atomic E-state index is -0.175. The van der Waals surface area contributed by atoms with Gasteiger partial charge in [0.2, 0.25) is 5.91 Å². The van der Waals surface area contributed by atoms with Gasteiger partial charge in [-0.25, -0.2) is 9.67 Å². The number of halogens is 1. The van der Waals surface area contributed by atoms with Crippen molar-refractivity contribution in [1.82, 2.24) is 19.7 Å². The van der Waals surface area contributed by atoms with Crippen molar-refractivity contribution in [2.75, 3.05) is 30.3 Å². The molecule has 152 valence electrons. The Morgan fingerprint density at radius 3 is 2.66 bits per heavy atom. The summed E-state index contributed by atoms with van der Waals surface area (Å²) >= 11 is 6.11. The summed E-state index contributed by atoms with van der Waals surface area (Å²) in [5.41, 5.74) is 3.39. The Morgan fingerprint density at radius 2 is 1.93 bits per heavy atom. The molecule has 1 heterocycles. The highest BCUT2D eigenvalue weighted by atomic mass is 35.5. The smallest absolute Gasteiger partial charge is 0.243 e. The van der Waals surface area contributed by atoms with Crippen LogP contribution in [-0.2, 0) is 11.3 Å². The topological polar surface area (TPSA) is 75.1 Å². The molecule has 7 nitrogen and oxygen atoms in total. The lowest BCUT2D eigenvalue weighted by molar-refractivity contribution is -0.114. The van der Waals surface area contributed by atoms with Gasteiger partial charge in [0.15, 0.2) is 0 Å². The minimum absolute atomic E-state index is 0.137. The molecule has 3 aromatic rings. The van der Waals surface area contributed by atoms with Gasteiger partial charge in [-0.2, -0.15) is 5.10 Å². The standard InChI is InChI=1S/C21H25ClN6O/c1-3-27(4-2)13-16-7-5-6-8-18(16)24-12-21(29)26-19-11-17(22)9-10-20(19)28-15-23-14-25-28/h5-11,14-15,24H,3-4,12-13H2,1-2H3,(H,26,29). The monoisotopic (exact) mass is 412 g/mol. The molecule has 0 aliphatic carbocycles. The zero-order valence-electron chi connectivity index (χ0n) is 16.6. The molecule has 3 rings (SSSR count). The summed E-state index contributed by atoms with van der Waals surface area (Å²) in [5, 5.41) is 10.8. The molecule has 8 heteroatoms. The van der Waals surface area contributed by atoms with Gasteiger partial charge in [0, 0.05) is 17.3 Å². The molecule has 0 radical (unpaired) electrons. The van der Waals surface area contributed by atoms with E-state index in [-0.39, 0.29) is 12.5 Å². The van der Waals surface area contributed by atoms with Crippen LogP contribution in [-0.4, -0.2) is 45.2 Å². The lowest BCUT2D eigenvalue weighted by Gasteiger charge is -2.20. The van der Waals surface area contributed by atoms with Crippen molar-refractivity contribution in [2.24, 2.45) is 0 Å². The number of aromatic nitrogens is 3. The van der Waals surface area contributed by atoms with E-state index in [0.29, 0.717) is 16.4 Å².